The van der Waals surface area contributed by atoms with Gasteiger partial charge in [-0.15, -0.1) is 0 Å². The molecular formula is C31H27N3O2. The predicted octanol–water partition coefficient (Wildman–Crippen LogP) is 6.43. The molecule has 0 spiro atoms. The molecule has 5 rings (SSSR count). The van der Waals surface area contributed by atoms with Crippen LogP contribution in [0.15, 0.2) is 101 Å². The molecule has 1 fully saturated rings. The summed E-state index contributed by atoms with van der Waals surface area (Å²) in [6.45, 7) is 0. The Hall–Kier alpha value is -4.43. The highest BCUT2D eigenvalue weighted by Gasteiger charge is 2.44. The zero-order valence-electron chi connectivity index (χ0n) is 20.2. The van der Waals surface area contributed by atoms with Gasteiger partial charge in [-0.05, 0) is 65.8 Å². The maximum absolute atomic E-state index is 13.8. The van der Waals surface area contributed by atoms with Crippen LogP contribution >= 0.6 is 0 Å². The highest BCUT2D eigenvalue weighted by Crippen LogP contribution is 2.44. The van der Waals surface area contributed by atoms with Gasteiger partial charge >= 0.3 is 0 Å². The molecule has 1 heterocycles. The van der Waals surface area contributed by atoms with Crippen molar-refractivity contribution in [3.05, 3.63) is 113 Å². The number of fused-ring (bicyclic) bond motifs is 1. The van der Waals surface area contributed by atoms with Crippen molar-refractivity contribution >= 4 is 23.8 Å². The van der Waals surface area contributed by atoms with Gasteiger partial charge in [-0.2, -0.15) is 10.4 Å². The first-order chi connectivity index (χ1) is 17.7. The van der Waals surface area contributed by atoms with Crippen molar-refractivity contribution in [2.75, 3.05) is 7.11 Å². The summed E-state index contributed by atoms with van der Waals surface area (Å²) >= 11 is 0. The van der Waals surface area contributed by atoms with E-state index in [1.807, 2.05) is 72.8 Å². The Bertz CT molecular complexity index is 1370. The molecule has 3 aromatic rings. The number of carbonyl (C=O) groups is 1. The Morgan fingerprint density at radius 1 is 1.00 bits per heavy atom. The first kappa shape index (κ1) is 23.3. The van der Waals surface area contributed by atoms with Crippen LogP contribution in [0.5, 0.6) is 5.75 Å². The fourth-order valence-corrected chi connectivity index (χ4v) is 5.03. The van der Waals surface area contributed by atoms with Crippen molar-refractivity contribution in [1.29, 1.82) is 5.26 Å². The molecule has 0 bridgehead atoms. The third kappa shape index (κ3) is 4.71. The quantitative estimate of drug-likeness (QED) is 0.317. The lowest BCUT2D eigenvalue weighted by atomic mass is 9.77. The SMILES string of the molecule is COc1ccc(/C=C(\C#N)C(=O)N2N=C3/C(=C/c4ccccc4)CCC[C@H]3[C@@H]2c2ccccc2)cc1. The Balaban J connectivity index is 1.55. The summed E-state index contributed by atoms with van der Waals surface area (Å²) < 4.78 is 5.22. The van der Waals surface area contributed by atoms with Crippen molar-refractivity contribution < 1.29 is 9.53 Å². The maximum Gasteiger partial charge on any atom is 0.285 e. The summed E-state index contributed by atoms with van der Waals surface area (Å²) in [5.41, 5.74) is 5.07. The Kier molecular flexibility index (Phi) is 6.77. The van der Waals surface area contributed by atoms with Crippen LogP contribution in [0.3, 0.4) is 0 Å². The van der Waals surface area contributed by atoms with Gasteiger partial charge in [-0.25, -0.2) is 5.01 Å². The molecule has 5 heteroatoms. The van der Waals surface area contributed by atoms with E-state index in [-0.39, 0.29) is 23.4 Å². The summed E-state index contributed by atoms with van der Waals surface area (Å²) in [5, 5.41) is 16.4. The summed E-state index contributed by atoms with van der Waals surface area (Å²) in [7, 11) is 1.60. The largest absolute Gasteiger partial charge is 0.497 e. The molecule has 36 heavy (non-hydrogen) atoms. The van der Waals surface area contributed by atoms with Gasteiger partial charge in [-0.1, -0.05) is 72.8 Å². The number of benzene rings is 3. The second-order valence-electron chi connectivity index (χ2n) is 9.01. The van der Waals surface area contributed by atoms with Crippen LogP contribution < -0.4 is 4.74 Å². The van der Waals surface area contributed by atoms with E-state index < -0.39 is 0 Å². The average molecular weight is 474 g/mol. The van der Waals surface area contributed by atoms with E-state index in [1.165, 1.54) is 5.01 Å². The molecule has 3 aromatic carbocycles. The second kappa shape index (κ2) is 10.5. The first-order valence-electron chi connectivity index (χ1n) is 12.2. The minimum absolute atomic E-state index is 0.0534. The van der Waals surface area contributed by atoms with Gasteiger partial charge in [0, 0.05) is 5.92 Å². The number of hydrogen-bond acceptors (Lipinski definition) is 4. The number of rotatable bonds is 5. The fraction of sp³-hybridized carbons (Fsp3) is 0.194. The van der Waals surface area contributed by atoms with Crippen LogP contribution in [-0.2, 0) is 4.79 Å². The minimum Gasteiger partial charge on any atom is -0.497 e. The molecule has 178 valence electrons. The molecule has 0 N–H and O–H groups in total. The molecule has 2 atom stereocenters. The number of carbonyl (C=O) groups excluding carboxylic acids is 1. The van der Waals surface area contributed by atoms with Crippen LogP contribution in [0.2, 0.25) is 0 Å². The van der Waals surface area contributed by atoms with Gasteiger partial charge in [-0.3, -0.25) is 4.79 Å². The average Bonchev–Trinajstić information content (AvgIpc) is 3.33. The molecule has 0 saturated heterocycles. The fourth-order valence-electron chi connectivity index (χ4n) is 5.03. The monoisotopic (exact) mass is 473 g/mol. The van der Waals surface area contributed by atoms with E-state index in [0.29, 0.717) is 5.75 Å². The van der Waals surface area contributed by atoms with Crippen LogP contribution in [0.1, 0.15) is 42.0 Å². The number of allylic oxidation sites excluding steroid dienone is 1. The Labute approximate surface area is 211 Å². The van der Waals surface area contributed by atoms with E-state index in [2.05, 4.69) is 24.3 Å². The number of nitrogens with zero attached hydrogens (tertiary/aromatic N) is 3. The number of hydrazone groups is 1. The van der Waals surface area contributed by atoms with Gasteiger partial charge in [0.05, 0.1) is 18.9 Å². The molecule has 0 aromatic heterocycles. The van der Waals surface area contributed by atoms with Crippen LogP contribution in [0.4, 0.5) is 0 Å². The van der Waals surface area contributed by atoms with E-state index in [4.69, 9.17) is 9.84 Å². The van der Waals surface area contributed by atoms with Crippen molar-refractivity contribution in [3.63, 3.8) is 0 Å². The lowest BCUT2D eigenvalue weighted by Crippen LogP contribution is -2.32. The summed E-state index contributed by atoms with van der Waals surface area (Å²) in [4.78, 5) is 13.8. The zero-order chi connectivity index (χ0) is 24.9. The van der Waals surface area contributed by atoms with Gasteiger partial charge in [0.2, 0.25) is 0 Å². The molecule has 5 nitrogen and oxygen atoms in total. The lowest BCUT2D eigenvalue weighted by Gasteiger charge is -2.29. The van der Waals surface area contributed by atoms with Crippen molar-refractivity contribution in [3.8, 4) is 11.8 Å². The summed E-state index contributed by atoms with van der Waals surface area (Å²) in [5.74, 6) is 0.415. The van der Waals surface area contributed by atoms with E-state index in [0.717, 1.165) is 47.2 Å². The molecule has 1 amide bonds. The van der Waals surface area contributed by atoms with Crippen LogP contribution in [-0.4, -0.2) is 23.7 Å². The third-order valence-electron chi connectivity index (χ3n) is 6.77. The molecule has 1 saturated carbocycles. The predicted molar refractivity (Wildman–Crippen MR) is 142 cm³/mol. The first-order valence-corrected chi connectivity index (χ1v) is 12.2. The summed E-state index contributed by atoms with van der Waals surface area (Å²) in [6, 6.07) is 29.4. The lowest BCUT2D eigenvalue weighted by molar-refractivity contribution is -0.129. The maximum atomic E-state index is 13.8. The normalized spacial score (nSPS) is 20.4. The number of amides is 1. The molecule has 0 radical (unpaired) electrons. The van der Waals surface area contributed by atoms with Crippen molar-refractivity contribution in [2.45, 2.75) is 25.3 Å². The standard InChI is InChI=1S/C31H27N3O2/c1-36-27-17-15-23(16-18-27)20-26(21-32)31(35)34-30(24-11-6-3-7-12-24)28-14-8-13-25(29(28)33-34)19-22-9-4-2-5-10-22/h2-7,9-12,15-20,28,30H,8,13-14H2,1H3/b25-19+,26-20+/t28-,30+/m1/s1. The van der Waals surface area contributed by atoms with E-state index >= 15 is 0 Å². The smallest absolute Gasteiger partial charge is 0.285 e. The highest BCUT2D eigenvalue weighted by molar-refractivity contribution is 6.10. The number of ether oxygens (including phenoxy) is 1. The third-order valence-corrected chi connectivity index (χ3v) is 6.77. The van der Waals surface area contributed by atoms with E-state index in [9.17, 15) is 10.1 Å². The van der Waals surface area contributed by atoms with Crippen LogP contribution in [0.25, 0.3) is 12.2 Å². The van der Waals surface area contributed by atoms with Gasteiger partial charge in [0.15, 0.2) is 0 Å². The zero-order valence-corrected chi connectivity index (χ0v) is 20.2. The molecule has 0 unspecified atom stereocenters. The second-order valence-corrected chi connectivity index (χ2v) is 9.01. The highest BCUT2D eigenvalue weighted by atomic mass is 16.5. The molecular weight excluding hydrogens is 446 g/mol. The number of nitriles is 1. The Morgan fingerprint density at radius 2 is 1.69 bits per heavy atom. The summed E-state index contributed by atoms with van der Waals surface area (Å²) in [6.07, 6.45) is 6.69. The number of methoxy groups -OCH3 is 1. The van der Waals surface area contributed by atoms with Crippen molar-refractivity contribution in [2.24, 2.45) is 11.0 Å². The molecule has 1 aliphatic carbocycles. The minimum atomic E-state index is -0.386. The van der Waals surface area contributed by atoms with Gasteiger partial charge in [0.1, 0.15) is 17.4 Å². The topological polar surface area (TPSA) is 65.7 Å². The van der Waals surface area contributed by atoms with Gasteiger partial charge in [0.25, 0.3) is 5.91 Å². The van der Waals surface area contributed by atoms with E-state index in [1.54, 1.807) is 13.2 Å². The number of hydrogen-bond donors (Lipinski definition) is 0. The Morgan fingerprint density at radius 3 is 2.36 bits per heavy atom. The molecule has 1 aliphatic heterocycles. The van der Waals surface area contributed by atoms with Gasteiger partial charge < -0.3 is 4.74 Å². The van der Waals surface area contributed by atoms with Crippen molar-refractivity contribution in [1.82, 2.24) is 5.01 Å². The molecule has 2 aliphatic rings. The van der Waals surface area contributed by atoms with Crippen LogP contribution in [0, 0.1) is 17.2 Å².